The van der Waals surface area contributed by atoms with E-state index in [9.17, 15) is 38.7 Å². The van der Waals surface area contributed by atoms with Gasteiger partial charge >= 0.3 is 11.9 Å². The molecule has 9 rings (SSSR count). The fourth-order valence-electron chi connectivity index (χ4n) is 14.9. The lowest BCUT2D eigenvalue weighted by Crippen LogP contribution is -2.61. The van der Waals surface area contributed by atoms with Crippen LogP contribution in [0.15, 0.2) is 121 Å². The van der Waals surface area contributed by atoms with Crippen molar-refractivity contribution in [3.8, 4) is 5.75 Å². The minimum atomic E-state index is -1.30. The number of aliphatic hydroxyl groups is 1. The van der Waals surface area contributed by atoms with Gasteiger partial charge in [-0.25, -0.2) is 9.78 Å². The Hall–Kier alpha value is -8.00. The Morgan fingerprint density at radius 3 is 2.10 bits per heavy atom. The smallest absolute Gasteiger partial charge is 0.328 e. The van der Waals surface area contributed by atoms with Gasteiger partial charge in [0.1, 0.15) is 42.3 Å². The number of piperidine rings is 1. The van der Waals surface area contributed by atoms with Crippen molar-refractivity contribution < 1.29 is 52.9 Å². The van der Waals surface area contributed by atoms with Crippen molar-refractivity contribution in [2.75, 3.05) is 33.7 Å². The SMILES string of the molecule is CC(C)(C)NC(=O)[C@@H]1C[C@@H]2CCCC[C@@H]2CN1C[C@@H](O)[C@H](Cc1ccccc1)NC(=O)[C@H](CC(N)=O)NC(=O)c1ccc2ccccc2n1.CCCCCCCCCCC[C@@H](C[C@@H]1OC(=O)[C@H]1CCCCCC)OC(=O)[C@H](CC(C)C)NC=O.CN(C)CCC=C1c2ccccc2COc2ccccc21. The van der Waals surface area contributed by atoms with E-state index < -0.39 is 60.0 Å². The van der Waals surface area contributed by atoms with Crippen LogP contribution < -0.4 is 31.7 Å². The average molecular weight is 1450 g/mol. The normalized spacial score (nSPS) is 19.4. The van der Waals surface area contributed by atoms with Gasteiger partial charge in [-0.05, 0) is 144 Å². The van der Waals surface area contributed by atoms with Gasteiger partial charge in [0.2, 0.25) is 24.1 Å². The molecule has 19 heteroatoms. The first-order valence-electron chi connectivity index (χ1n) is 39.3. The van der Waals surface area contributed by atoms with Crippen LogP contribution in [0.5, 0.6) is 5.75 Å². The number of carbonyl (C=O) groups is 7. The van der Waals surface area contributed by atoms with E-state index in [4.69, 9.17) is 19.9 Å². The molecular weight excluding hydrogens is 1320 g/mol. The number of nitrogens with one attached hydrogen (secondary N) is 4. The number of nitrogens with two attached hydrogens (primary N) is 1. The lowest BCUT2D eigenvalue weighted by molar-refractivity contribution is -0.190. The molecule has 0 spiro atoms. The molecule has 1 saturated carbocycles. The zero-order valence-corrected chi connectivity index (χ0v) is 64.4. The van der Waals surface area contributed by atoms with Crippen LogP contribution in [0.4, 0.5) is 0 Å². The summed E-state index contributed by atoms with van der Waals surface area (Å²) in [4.78, 5) is 97.4. The number of aromatic nitrogens is 1. The largest absolute Gasteiger partial charge is 0.488 e. The van der Waals surface area contributed by atoms with E-state index in [-0.39, 0.29) is 60.5 Å². The highest BCUT2D eigenvalue weighted by molar-refractivity contribution is 5.99. The molecular formula is C86H124N8O11. The van der Waals surface area contributed by atoms with Gasteiger partial charge in [0.05, 0.1) is 36.0 Å². The quantitative estimate of drug-likeness (QED) is 0.0122. The van der Waals surface area contributed by atoms with E-state index in [1.54, 1.807) is 18.2 Å². The molecule has 0 bridgehead atoms. The average Bonchev–Trinajstić information content (AvgIpc) is 1.79. The predicted molar refractivity (Wildman–Crippen MR) is 417 cm³/mol. The minimum Gasteiger partial charge on any atom is -0.488 e. The molecule has 10 atom stereocenters. The summed E-state index contributed by atoms with van der Waals surface area (Å²) in [7, 11) is 4.22. The number of aliphatic hydroxyl groups excluding tert-OH is 1. The lowest BCUT2D eigenvalue weighted by atomic mass is 9.72. The molecule has 5 aromatic rings. The number of hydrogen-bond acceptors (Lipinski definition) is 14. The number of fused-ring (bicyclic) bond motifs is 4. The molecule has 1 aliphatic carbocycles. The third-order valence-corrected chi connectivity index (χ3v) is 20.5. The molecule has 0 radical (unpaired) electrons. The summed E-state index contributed by atoms with van der Waals surface area (Å²) in [6.45, 7) is 16.9. The standard InChI is InChI=1S/C38H50N6O5.C29H53NO5.C19H21NO/c1-38(2,3)43-37(49)32-20-26-14-7-8-15-27(26)22-44(32)23-33(45)30(19-24-11-5-4-6-12-24)41-36(48)31(21-34(39)46)42-35(47)29-18-17-25-13-9-10-16-28(25)40-29;1-5-7-9-11-12-13-14-15-16-18-24(34-29(33)26(30-22-31)20-23(3)4)21-27-25(28(32)35-27)19-17-10-8-6-2;1-20(2)13-7-11-17-16-9-4-3-8-15(16)14-21-19-12-6-5-10-18(17)19/h4-6,9-13,16-18,26-27,30-33,45H,7-8,14-15,19-23H2,1-3H3,(H2,39,46)(H,41,48)(H,42,47)(H,43,49);22-27H,5-21H2,1-4H3,(H,30,31);3-6,8-12H,7,13-14H2,1-2H3/t26-,27+,30-,31-,32-,33+;24-,25-,26-,27-;/m00./s1. The summed E-state index contributed by atoms with van der Waals surface area (Å²) < 4.78 is 17.4. The highest BCUT2D eigenvalue weighted by Gasteiger charge is 2.45. The van der Waals surface area contributed by atoms with Crippen LogP contribution in [0.2, 0.25) is 0 Å². The molecule has 4 aliphatic rings. The maximum absolute atomic E-state index is 13.8. The van der Waals surface area contributed by atoms with Crippen molar-refractivity contribution >= 4 is 58.5 Å². The monoisotopic (exact) mass is 1440 g/mol. The Morgan fingerprint density at radius 1 is 0.771 bits per heavy atom. The molecule has 4 heterocycles. The Bertz CT molecular complexity index is 3490. The summed E-state index contributed by atoms with van der Waals surface area (Å²) >= 11 is 0. The summed E-state index contributed by atoms with van der Waals surface area (Å²) in [5.41, 5.74) is 11.7. The van der Waals surface area contributed by atoms with Crippen LogP contribution in [-0.4, -0.2) is 144 Å². The van der Waals surface area contributed by atoms with Crippen LogP contribution in [0, 0.1) is 23.7 Å². The first-order chi connectivity index (χ1) is 50.5. The van der Waals surface area contributed by atoms with Crippen LogP contribution in [0.25, 0.3) is 16.5 Å². The Balaban J connectivity index is 0.000000239. The van der Waals surface area contributed by atoms with Crippen molar-refractivity contribution in [1.82, 2.24) is 36.1 Å². The number of benzene rings is 4. The van der Waals surface area contributed by atoms with Crippen LogP contribution in [0.3, 0.4) is 0 Å². The molecule has 574 valence electrons. The van der Waals surface area contributed by atoms with E-state index in [1.807, 2.05) is 89.2 Å². The van der Waals surface area contributed by atoms with E-state index in [1.165, 1.54) is 86.5 Å². The number of primary amides is 1. The van der Waals surface area contributed by atoms with Crippen LogP contribution >= 0.6 is 0 Å². The molecule has 7 N–H and O–H groups in total. The number of para-hydroxylation sites is 2. The zero-order valence-electron chi connectivity index (χ0n) is 64.4. The van der Waals surface area contributed by atoms with E-state index in [2.05, 4.69) is 113 Å². The van der Waals surface area contributed by atoms with Crippen molar-refractivity contribution in [3.05, 3.63) is 149 Å². The molecule has 3 fully saturated rings. The van der Waals surface area contributed by atoms with Crippen molar-refractivity contribution in [2.45, 2.75) is 264 Å². The minimum absolute atomic E-state index is 0.0566. The fourth-order valence-corrected chi connectivity index (χ4v) is 14.9. The number of hydrogen-bond donors (Lipinski definition) is 6. The van der Waals surface area contributed by atoms with E-state index >= 15 is 0 Å². The summed E-state index contributed by atoms with van der Waals surface area (Å²) in [6.07, 6.45) is 25.9. The van der Waals surface area contributed by atoms with Crippen LogP contribution in [-0.2, 0) is 51.3 Å². The second kappa shape index (κ2) is 44.2. The predicted octanol–water partition coefficient (Wildman–Crippen LogP) is 13.9. The highest BCUT2D eigenvalue weighted by Crippen LogP contribution is 2.40. The number of rotatable bonds is 38. The second-order valence-electron chi connectivity index (χ2n) is 31.2. The zero-order chi connectivity index (χ0) is 75.7. The van der Waals surface area contributed by atoms with Crippen LogP contribution in [0.1, 0.15) is 235 Å². The Kier molecular flexibility index (Phi) is 35.5. The molecule has 4 aromatic carbocycles. The van der Waals surface area contributed by atoms with E-state index in [0.717, 1.165) is 93.9 Å². The Morgan fingerprint density at radius 2 is 1.42 bits per heavy atom. The molecule has 2 saturated heterocycles. The van der Waals surface area contributed by atoms with Gasteiger partial charge in [-0.15, -0.1) is 0 Å². The number of pyridine rings is 1. The van der Waals surface area contributed by atoms with Crippen molar-refractivity contribution in [2.24, 2.45) is 29.4 Å². The van der Waals surface area contributed by atoms with Gasteiger partial charge in [0.25, 0.3) is 5.91 Å². The number of ether oxygens (including phenoxy) is 3. The third kappa shape index (κ3) is 28.3. The Labute approximate surface area is 626 Å². The number of esters is 2. The van der Waals surface area contributed by atoms with Gasteiger partial charge in [0, 0.05) is 42.5 Å². The molecule has 19 nitrogen and oxygen atoms in total. The van der Waals surface area contributed by atoms with Gasteiger partial charge in [-0.3, -0.25) is 33.7 Å². The summed E-state index contributed by atoms with van der Waals surface area (Å²) in [5.74, 6) is -0.521. The number of unbranched alkanes of at least 4 members (excludes halogenated alkanes) is 11. The first kappa shape index (κ1) is 84.3. The van der Waals surface area contributed by atoms with Gasteiger partial charge in [-0.2, -0.15) is 0 Å². The molecule has 0 unspecified atom stereocenters. The second-order valence-corrected chi connectivity index (χ2v) is 31.2. The molecule has 5 amide bonds. The third-order valence-electron chi connectivity index (χ3n) is 20.5. The molecule has 3 aliphatic heterocycles. The van der Waals surface area contributed by atoms with E-state index in [0.29, 0.717) is 49.8 Å². The number of carbonyl (C=O) groups excluding carboxylic acids is 7. The number of nitrogens with zero attached hydrogens (tertiary/aromatic N) is 3. The number of likely N-dealkylation sites (tertiary alicyclic amines) is 1. The van der Waals surface area contributed by atoms with Gasteiger partial charge < -0.3 is 51.2 Å². The van der Waals surface area contributed by atoms with Crippen molar-refractivity contribution in [1.29, 1.82) is 0 Å². The van der Waals surface area contributed by atoms with Crippen molar-refractivity contribution in [3.63, 3.8) is 0 Å². The maximum Gasteiger partial charge on any atom is 0.328 e. The number of amides is 5. The summed E-state index contributed by atoms with van der Waals surface area (Å²) in [5, 5.41) is 24.0. The summed E-state index contributed by atoms with van der Waals surface area (Å²) in [6, 6.07) is 33.9. The molecule has 1 aromatic heterocycles. The van der Waals surface area contributed by atoms with Gasteiger partial charge in [0.15, 0.2) is 0 Å². The number of β-amino-alcohol motifs (C(OH)–C–C–N with tert-alkyl or cyclic N) is 1. The molecule has 105 heavy (non-hydrogen) atoms. The topological polar surface area (TPSA) is 261 Å². The highest BCUT2D eigenvalue weighted by atomic mass is 16.6. The maximum atomic E-state index is 13.8. The fraction of sp³-hybridized carbons (Fsp3) is 0.581. The van der Waals surface area contributed by atoms with Gasteiger partial charge in [-0.1, -0.05) is 227 Å². The first-order valence-corrected chi connectivity index (χ1v) is 39.3. The number of cyclic esters (lactones) is 1. The lowest BCUT2D eigenvalue weighted by Gasteiger charge is -2.47.